The lowest BCUT2D eigenvalue weighted by Crippen LogP contribution is -2.10. The van der Waals surface area contributed by atoms with Crippen molar-refractivity contribution in [2.45, 2.75) is 44.9 Å². The fourth-order valence-electron chi connectivity index (χ4n) is 3.09. The molecule has 1 aromatic carbocycles. The lowest BCUT2D eigenvalue weighted by molar-refractivity contribution is 0.539. The first-order valence-electron chi connectivity index (χ1n) is 9.99. The molecule has 0 amide bonds. The van der Waals surface area contributed by atoms with Crippen molar-refractivity contribution in [1.82, 2.24) is 9.97 Å². The van der Waals surface area contributed by atoms with E-state index in [1.54, 1.807) is 30.5 Å². The Balaban J connectivity index is 1.74. The lowest BCUT2D eigenvalue weighted by Gasteiger charge is -2.09. The SMILES string of the molecule is CC[C@@H](C)C(=N)CCc1nc(-c2ccc(-c3ccc(S(C)(=O)=O)cc3)nc2)oc1C. The van der Waals surface area contributed by atoms with Gasteiger partial charge in [-0.3, -0.25) is 4.98 Å². The lowest BCUT2D eigenvalue weighted by atomic mass is 9.98. The highest BCUT2D eigenvalue weighted by Crippen LogP contribution is 2.25. The second-order valence-electron chi connectivity index (χ2n) is 7.59. The van der Waals surface area contributed by atoms with Crippen LogP contribution in [0.2, 0.25) is 0 Å². The van der Waals surface area contributed by atoms with Gasteiger partial charge in [0.1, 0.15) is 5.76 Å². The predicted octanol–water partition coefficient (Wildman–Crippen LogP) is 5.11. The van der Waals surface area contributed by atoms with E-state index >= 15 is 0 Å². The number of aryl methyl sites for hydroxylation is 2. The van der Waals surface area contributed by atoms with E-state index in [-0.39, 0.29) is 4.90 Å². The predicted molar refractivity (Wildman–Crippen MR) is 119 cm³/mol. The number of nitrogens with one attached hydrogen (secondary N) is 1. The van der Waals surface area contributed by atoms with Crippen LogP contribution in [-0.4, -0.2) is 30.4 Å². The van der Waals surface area contributed by atoms with Crippen molar-refractivity contribution in [3.8, 4) is 22.7 Å². The van der Waals surface area contributed by atoms with Crippen molar-refractivity contribution in [2.75, 3.05) is 6.26 Å². The molecule has 3 aromatic rings. The molecule has 0 bridgehead atoms. The van der Waals surface area contributed by atoms with Crippen molar-refractivity contribution in [1.29, 1.82) is 5.41 Å². The van der Waals surface area contributed by atoms with Crippen LogP contribution in [0.4, 0.5) is 0 Å². The Morgan fingerprint density at radius 1 is 1.13 bits per heavy atom. The van der Waals surface area contributed by atoms with E-state index in [1.807, 2.05) is 19.1 Å². The van der Waals surface area contributed by atoms with Gasteiger partial charge in [-0.1, -0.05) is 26.0 Å². The molecular formula is C23H27N3O3S. The first-order valence-corrected chi connectivity index (χ1v) is 11.9. The maximum absolute atomic E-state index is 11.6. The molecule has 0 radical (unpaired) electrons. The summed E-state index contributed by atoms with van der Waals surface area (Å²) in [4.78, 5) is 9.37. The summed E-state index contributed by atoms with van der Waals surface area (Å²) < 4.78 is 29.0. The largest absolute Gasteiger partial charge is 0.441 e. The minimum atomic E-state index is -3.22. The first-order chi connectivity index (χ1) is 14.2. The Bertz CT molecular complexity index is 1130. The molecule has 0 saturated heterocycles. The van der Waals surface area contributed by atoms with Crippen LogP contribution in [0.25, 0.3) is 22.7 Å². The van der Waals surface area contributed by atoms with Crippen molar-refractivity contribution in [3.63, 3.8) is 0 Å². The molecule has 30 heavy (non-hydrogen) atoms. The van der Waals surface area contributed by atoms with Gasteiger partial charge >= 0.3 is 0 Å². The van der Waals surface area contributed by atoms with Gasteiger partial charge in [0.25, 0.3) is 0 Å². The molecule has 2 aromatic heterocycles. The molecule has 7 heteroatoms. The zero-order valence-electron chi connectivity index (χ0n) is 17.8. The van der Waals surface area contributed by atoms with E-state index in [1.165, 1.54) is 6.26 Å². The zero-order chi connectivity index (χ0) is 21.9. The maximum Gasteiger partial charge on any atom is 0.228 e. The van der Waals surface area contributed by atoms with Gasteiger partial charge in [0.05, 0.1) is 21.8 Å². The standard InChI is InChI=1S/C23H27N3O3S/c1-5-15(2)20(24)11-13-21-16(3)29-23(26-21)18-8-12-22(25-14-18)17-6-9-19(10-7-17)30(4,27)28/h6-10,12,14-15,24H,5,11,13H2,1-4H3/t15-/m1/s1. The van der Waals surface area contributed by atoms with Crippen LogP contribution in [0, 0.1) is 18.3 Å². The summed E-state index contributed by atoms with van der Waals surface area (Å²) in [6.45, 7) is 6.06. The third-order valence-electron chi connectivity index (χ3n) is 5.32. The highest BCUT2D eigenvalue weighted by atomic mass is 32.2. The van der Waals surface area contributed by atoms with Crippen LogP contribution in [-0.2, 0) is 16.3 Å². The van der Waals surface area contributed by atoms with E-state index in [4.69, 9.17) is 9.83 Å². The van der Waals surface area contributed by atoms with Gasteiger partial charge in [-0.15, -0.1) is 0 Å². The molecule has 0 spiro atoms. The van der Waals surface area contributed by atoms with Crippen LogP contribution in [0.5, 0.6) is 0 Å². The van der Waals surface area contributed by atoms with Crippen LogP contribution in [0.15, 0.2) is 51.9 Å². The number of benzene rings is 1. The van der Waals surface area contributed by atoms with Crippen LogP contribution < -0.4 is 0 Å². The summed E-state index contributed by atoms with van der Waals surface area (Å²) in [6.07, 6.45) is 5.24. The van der Waals surface area contributed by atoms with E-state index in [0.29, 0.717) is 24.7 Å². The molecule has 6 nitrogen and oxygen atoms in total. The number of nitrogens with zero attached hydrogens (tertiary/aromatic N) is 2. The van der Waals surface area contributed by atoms with Gasteiger partial charge in [-0.05, 0) is 56.4 Å². The van der Waals surface area contributed by atoms with E-state index < -0.39 is 9.84 Å². The van der Waals surface area contributed by atoms with E-state index in [0.717, 1.165) is 40.4 Å². The Kier molecular flexibility index (Phi) is 6.51. The highest BCUT2D eigenvalue weighted by molar-refractivity contribution is 7.90. The van der Waals surface area contributed by atoms with Crippen LogP contribution in [0.3, 0.4) is 0 Å². The summed E-state index contributed by atoms with van der Waals surface area (Å²) in [5, 5.41) is 8.14. The van der Waals surface area contributed by atoms with Gasteiger partial charge in [0, 0.05) is 23.7 Å². The van der Waals surface area contributed by atoms with E-state index in [9.17, 15) is 8.42 Å². The minimum absolute atomic E-state index is 0.284. The van der Waals surface area contributed by atoms with Gasteiger partial charge in [0.2, 0.25) is 5.89 Å². The topological polar surface area (TPSA) is 96.9 Å². The summed E-state index contributed by atoms with van der Waals surface area (Å²) >= 11 is 0. The number of oxazole rings is 1. The first kappa shape index (κ1) is 21.9. The summed E-state index contributed by atoms with van der Waals surface area (Å²) in [6, 6.07) is 10.4. The molecule has 158 valence electrons. The van der Waals surface area contributed by atoms with Crippen molar-refractivity contribution >= 4 is 15.5 Å². The second-order valence-corrected chi connectivity index (χ2v) is 9.60. The third kappa shape index (κ3) is 5.02. The quantitative estimate of drug-likeness (QED) is 0.506. The van der Waals surface area contributed by atoms with E-state index in [2.05, 4.69) is 23.8 Å². The average molecular weight is 426 g/mol. The molecule has 0 saturated carbocycles. The second kappa shape index (κ2) is 8.92. The Hall–Kier alpha value is -2.80. The van der Waals surface area contributed by atoms with Gasteiger partial charge in [-0.2, -0.15) is 0 Å². The van der Waals surface area contributed by atoms with Crippen LogP contribution >= 0.6 is 0 Å². The highest BCUT2D eigenvalue weighted by Gasteiger charge is 2.14. The summed E-state index contributed by atoms with van der Waals surface area (Å²) in [5.41, 5.74) is 3.97. The molecule has 1 N–H and O–H groups in total. The van der Waals surface area contributed by atoms with Gasteiger partial charge < -0.3 is 9.83 Å². The Labute approximate surface area is 177 Å². The molecule has 0 aliphatic heterocycles. The maximum atomic E-state index is 11.6. The number of pyridine rings is 1. The molecule has 0 fully saturated rings. The molecule has 0 aliphatic carbocycles. The monoisotopic (exact) mass is 425 g/mol. The normalized spacial score (nSPS) is 12.7. The van der Waals surface area contributed by atoms with Gasteiger partial charge in [0.15, 0.2) is 9.84 Å². The fourth-order valence-corrected chi connectivity index (χ4v) is 3.72. The van der Waals surface area contributed by atoms with Crippen molar-refractivity contribution in [2.24, 2.45) is 5.92 Å². The molecule has 3 rings (SSSR count). The summed E-state index contributed by atoms with van der Waals surface area (Å²) in [5.74, 6) is 1.58. The fraction of sp³-hybridized carbons (Fsp3) is 0.348. The van der Waals surface area contributed by atoms with Crippen LogP contribution in [0.1, 0.15) is 38.1 Å². The number of aromatic nitrogens is 2. The summed E-state index contributed by atoms with van der Waals surface area (Å²) in [7, 11) is -3.22. The number of hydrogen-bond donors (Lipinski definition) is 1. The smallest absolute Gasteiger partial charge is 0.228 e. The molecule has 2 heterocycles. The molecule has 1 atom stereocenters. The number of hydrogen-bond acceptors (Lipinski definition) is 6. The number of sulfone groups is 1. The minimum Gasteiger partial charge on any atom is -0.441 e. The zero-order valence-corrected chi connectivity index (χ0v) is 18.6. The average Bonchev–Trinajstić information content (AvgIpc) is 3.11. The number of rotatable bonds is 8. The Morgan fingerprint density at radius 3 is 2.37 bits per heavy atom. The van der Waals surface area contributed by atoms with Crippen molar-refractivity contribution in [3.05, 3.63) is 54.0 Å². The molecule has 0 aliphatic rings. The van der Waals surface area contributed by atoms with Gasteiger partial charge in [-0.25, -0.2) is 13.4 Å². The molecule has 0 unspecified atom stereocenters. The van der Waals surface area contributed by atoms with Crippen molar-refractivity contribution < 1.29 is 12.8 Å². The third-order valence-corrected chi connectivity index (χ3v) is 6.45. The Morgan fingerprint density at radius 2 is 1.80 bits per heavy atom. The molecular weight excluding hydrogens is 398 g/mol.